The summed E-state index contributed by atoms with van der Waals surface area (Å²) in [6, 6.07) is 11.7. The molecule has 1 aliphatic rings. The van der Waals surface area contributed by atoms with Crippen molar-refractivity contribution in [2.24, 2.45) is 0 Å². The van der Waals surface area contributed by atoms with Gasteiger partial charge in [-0.2, -0.15) is 0 Å². The maximum atomic E-state index is 14.5. The van der Waals surface area contributed by atoms with E-state index in [-0.39, 0.29) is 24.1 Å². The summed E-state index contributed by atoms with van der Waals surface area (Å²) in [6.45, 7) is 1.28. The molecular weight excluding hydrogens is 437 g/mol. The Kier molecular flexibility index (Phi) is 7.17. The van der Waals surface area contributed by atoms with Crippen LogP contribution in [-0.4, -0.2) is 63.4 Å². The van der Waals surface area contributed by atoms with Crippen molar-refractivity contribution in [2.45, 2.75) is 25.5 Å². The van der Waals surface area contributed by atoms with Crippen molar-refractivity contribution in [3.05, 3.63) is 59.4 Å². The number of methoxy groups -OCH3 is 2. The van der Waals surface area contributed by atoms with Gasteiger partial charge in [0.2, 0.25) is 0 Å². The minimum Gasteiger partial charge on any atom is -0.496 e. The van der Waals surface area contributed by atoms with Crippen LogP contribution in [0.15, 0.2) is 42.5 Å². The maximum Gasteiger partial charge on any atom is 0.257 e. The standard InChI is InChI=1S/C26H30FN3O4/c1-29(2)25-17(14-20-22(32-3)11-12-23(33-4)24(20)28-25)15-30(16-18-8-7-13-34-18)26(31)19-9-5-6-10-21(19)27/h5-6,9-12,14,18H,7-8,13,15-16H2,1-4H3. The smallest absolute Gasteiger partial charge is 0.257 e. The minimum absolute atomic E-state index is 0.0416. The van der Waals surface area contributed by atoms with Crippen LogP contribution in [-0.2, 0) is 11.3 Å². The van der Waals surface area contributed by atoms with E-state index < -0.39 is 5.82 Å². The molecule has 1 atom stereocenters. The number of fused-ring (bicyclic) bond motifs is 1. The molecule has 0 spiro atoms. The fourth-order valence-electron chi connectivity index (χ4n) is 4.35. The Morgan fingerprint density at radius 3 is 2.53 bits per heavy atom. The van der Waals surface area contributed by atoms with E-state index in [0.29, 0.717) is 36.0 Å². The van der Waals surface area contributed by atoms with Gasteiger partial charge in [-0.1, -0.05) is 12.1 Å². The third kappa shape index (κ3) is 4.77. The number of nitrogens with zero attached hydrogens (tertiary/aromatic N) is 3. The molecule has 2 heterocycles. The molecule has 0 saturated carbocycles. The van der Waals surface area contributed by atoms with Crippen LogP contribution in [0.5, 0.6) is 11.5 Å². The van der Waals surface area contributed by atoms with E-state index in [0.717, 1.165) is 23.8 Å². The second-order valence-corrected chi connectivity index (χ2v) is 8.53. The first kappa shape index (κ1) is 23.8. The fourth-order valence-corrected chi connectivity index (χ4v) is 4.35. The number of amides is 1. The SMILES string of the molecule is COc1ccc(OC)c2nc(N(C)C)c(CN(CC3CCCO3)C(=O)c3ccccc3F)cc12. The van der Waals surface area contributed by atoms with Gasteiger partial charge in [-0.25, -0.2) is 9.37 Å². The normalized spacial score (nSPS) is 15.4. The largest absolute Gasteiger partial charge is 0.496 e. The molecular formula is C26H30FN3O4. The second-order valence-electron chi connectivity index (χ2n) is 8.53. The molecule has 7 nitrogen and oxygen atoms in total. The van der Waals surface area contributed by atoms with Crippen LogP contribution in [0.2, 0.25) is 0 Å². The quantitative estimate of drug-likeness (QED) is 0.493. The molecule has 0 aliphatic carbocycles. The number of pyridine rings is 1. The number of hydrogen-bond acceptors (Lipinski definition) is 6. The minimum atomic E-state index is -0.541. The van der Waals surface area contributed by atoms with Crippen LogP contribution in [0.3, 0.4) is 0 Å². The van der Waals surface area contributed by atoms with Crippen molar-refractivity contribution in [1.29, 1.82) is 0 Å². The predicted octanol–water partition coefficient (Wildman–Crippen LogP) is 4.28. The van der Waals surface area contributed by atoms with Gasteiger partial charge in [-0.15, -0.1) is 0 Å². The third-order valence-electron chi connectivity index (χ3n) is 6.03. The van der Waals surface area contributed by atoms with Crippen molar-refractivity contribution in [1.82, 2.24) is 9.88 Å². The molecule has 1 unspecified atom stereocenters. The number of carbonyl (C=O) groups excluding carboxylic acids is 1. The molecule has 1 amide bonds. The maximum absolute atomic E-state index is 14.5. The molecule has 1 aliphatic heterocycles. The Hall–Kier alpha value is -3.39. The number of carbonyl (C=O) groups is 1. The van der Waals surface area contributed by atoms with Gasteiger partial charge >= 0.3 is 0 Å². The van der Waals surface area contributed by atoms with E-state index in [4.69, 9.17) is 19.2 Å². The van der Waals surface area contributed by atoms with Gasteiger partial charge in [0, 0.05) is 44.7 Å². The van der Waals surface area contributed by atoms with Crippen molar-refractivity contribution >= 4 is 22.6 Å². The third-order valence-corrected chi connectivity index (χ3v) is 6.03. The number of halogens is 1. The lowest BCUT2D eigenvalue weighted by Gasteiger charge is -2.28. The monoisotopic (exact) mass is 467 g/mol. The zero-order chi connectivity index (χ0) is 24.2. The van der Waals surface area contributed by atoms with Gasteiger partial charge in [-0.3, -0.25) is 4.79 Å². The number of ether oxygens (including phenoxy) is 3. The summed E-state index contributed by atoms with van der Waals surface area (Å²) < 4.78 is 31.4. The molecule has 0 N–H and O–H groups in total. The summed E-state index contributed by atoms with van der Waals surface area (Å²) in [5, 5.41) is 0.776. The summed E-state index contributed by atoms with van der Waals surface area (Å²) >= 11 is 0. The van der Waals surface area contributed by atoms with Crippen LogP contribution >= 0.6 is 0 Å². The summed E-state index contributed by atoms with van der Waals surface area (Å²) in [5.74, 6) is 1.06. The summed E-state index contributed by atoms with van der Waals surface area (Å²) in [7, 11) is 7.00. The van der Waals surface area contributed by atoms with Crippen LogP contribution in [0.4, 0.5) is 10.2 Å². The topological polar surface area (TPSA) is 64.1 Å². The molecule has 1 aromatic heterocycles. The summed E-state index contributed by atoms with van der Waals surface area (Å²) in [5.41, 5.74) is 1.52. The first-order valence-electron chi connectivity index (χ1n) is 11.3. The van der Waals surface area contributed by atoms with E-state index in [1.165, 1.54) is 12.1 Å². The Bertz CT molecular complexity index is 1180. The van der Waals surface area contributed by atoms with E-state index in [1.54, 1.807) is 31.3 Å². The van der Waals surface area contributed by atoms with E-state index in [2.05, 4.69) is 0 Å². The van der Waals surface area contributed by atoms with Crippen molar-refractivity contribution in [2.75, 3.05) is 46.4 Å². The average Bonchev–Trinajstić information content (AvgIpc) is 3.35. The molecule has 34 heavy (non-hydrogen) atoms. The highest BCUT2D eigenvalue weighted by molar-refractivity contribution is 5.95. The Balaban J connectivity index is 1.79. The highest BCUT2D eigenvalue weighted by Gasteiger charge is 2.27. The lowest BCUT2D eigenvalue weighted by Crippen LogP contribution is -2.37. The highest BCUT2D eigenvalue weighted by Crippen LogP contribution is 2.35. The molecule has 1 saturated heterocycles. The number of hydrogen-bond donors (Lipinski definition) is 0. The van der Waals surface area contributed by atoms with E-state index in [9.17, 15) is 9.18 Å². The zero-order valence-electron chi connectivity index (χ0n) is 20.0. The lowest BCUT2D eigenvalue weighted by molar-refractivity contribution is 0.0504. The lowest BCUT2D eigenvalue weighted by atomic mass is 10.1. The predicted molar refractivity (Wildman–Crippen MR) is 129 cm³/mol. The second kappa shape index (κ2) is 10.3. The molecule has 3 aromatic rings. The molecule has 2 aromatic carbocycles. The number of benzene rings is 2. The van der Waals surface area contributed by atoms with Crippen LogP contribution < -0.4 is 14.4 Å². The number of anilines is 1. The first-order valence-corrected chi connectivity index (χ1v) is 11.3. The van der Waals surface area contributed by atoms with Crippen LogP contribution in [0.1, 0.15) is 28.8 Å². The Labute approximate surface area is 199 Å². The van der Waals surface area contributed by atoms with Gasteiger partial charge < -0.3 is 24.0 Å². The molecule has 8 heteroatoms. The Morgan fingerprint density at radius 2 is 1.88 bits per heavy atom. The van der Waals surface area contributed by atoms with Crippen LogP contribution in [0.25, 0.3) is 10.9 Å². The highest BCUT2D eigenvalue weighted by atomic mass is 19.1. The average molecular weight is 468 g/mol. The van der Waals surface area contributed by atoms with Gasteiger partial charge in [-0.05, 0) is 43.2 Å². The molecule has 180 valence electrons. The summed E-state index contributed by atoms with van der Waals surface area (Å²) in [6.07, 6.45) is 1.73. The van der Waals surface area contributed by atoms with Gasteiger partial charge in [0.1, 0.15) is 28.7 Å². The van der Waals surface area contributed by atoms with E-state index >= 15 is 0 Å². The van der Waals surface area contributed by atoms with E-state index in [1.807, 2.05) is 37.2 Å². The zero-order valence-corrected chi connectivity index (χ0v) is 20.0. The van der Waals surface area contributed by atoms with Crippen LogP contribution in [0, 0.1) is 5.82 Å². The molecule has 0 radical (unpaired) electrons. The molecule has 4 rings (SSSR count). The number of aromatic nitrogens is 1. The van der Waals surface area contributed by atoms with Crippen molar-refractivity contribution < 1.29 is 23.4 Å². The van der Waals surface area contributed by atoms with Gasteiger partial charge in [0.05, 0.1) is 25.9 Å². The fraction of sp³-hybridized carbons (Fsp3) is 0.385. The number of rotatable bonds is 8. The first-order chi connectivity index (χ1) is 16.4. The summed E-state index contributed by atoms with van der Waals surface area (Å²) in [4.78, 5) is 21.9. The molecule has 0 bridgehead atoms. The molecule has 1 fully saturated rings. The van der Waals surface area contributed by atoms with Gasteiger partial charge in [0.15, 0.2) is 0 Å². The van der Waals surface area contributed by atoms with Crippen molar-refractivity contribution in [3.63, 3.8) is 0 Å². The van der Waals surface area contributed by atoms with Gasteiger partial charge in [0.25, 0.3) is 5.91 Å². The Morgan fingerprint density at radius 1 is 1.15 bits per heavy atom. The van der Waals surface area contributed by atoms with Crippen molar-refractivity contribution in [3.8, 4) is 11.5 Å².